The Balaban J connectivity index is 2.08. The molecule has 0 aliphatic heterocycles. The topological polar surface area (TPSA) is 56.9 Å². The summed E-state index contributed by atoms with van der Waals surface area (Å²) in [5.41, 5.74) is 1.99. The molecule has 0 unspecified atom stereocenters. The van der Waals surface area contributed by atoms with Crippen LogP contribution in [0, 0.1) is 11.3 Å². The third-order valence-corrected chi connectivity index (χ3v) is 4.19. The number of allylic oxidation sites excluding steroid dienone is 1. The Kier molecular flexibility index (Phi) is 3.61. The zero-order valence-corrected chi connectivity index (χ0v) is 12.3. The highest BCUT2D eigenvalue weighted by Crippen LogP contribution is 2.30. The monoisotopic (exact) mass is 312 g/mol. The number of nitriles is 1. The van der Waals surface area contributed by atoms with Crippen molar-refractivity contribution in [1.82, 2.24) is 4.98 Å². The number of halogens is 1. The lowest BCUT2D eigenvalue weighted by atomic mass is 10.1. The van der Waals surface area contributed by atoms with E-state index >= 15 is 0 Å². The Bertz CT molecular complexity index is 893. The number of phenols is 1. The van der Waals surface area contributed by atoms with Gasteiger partial charge in [0.1, 0.15) is 16.8 Å². The maximum Gasteiger partial charge on any atom is 0.135 e. The van der Waals surface area contributed by atoms with Crippen LogP contribution in [0.15, 0.2) is 42.5 Å². The molecule has 102 valence electrons. The Hall–Kier alpha value is -2.35. The highest BCUT2D eigenvalue weighted by Gasteiger charge is 2.09. The van der Waals surface area contributed by atoms with E-state index in [-0.39, 0.29) is 5.75 Å². The van der Waals surface area contributed by atoms with Crippen LogP contribution in [0.25, 0.3) is 21.9 Å². The van der Waals surface area contributed by atoms with E-state index in [1.54, 1.807) is 36.4 Å². The molecule has 1 heterocycles. The molecule has 2 aromatic carbocycles. The van der Waals surface area contributed by atoms with E-state index in [2.05, 4.69) is 11.1 Å². The molecular weight excluding hydrogens is 304 g/mol. The van der Waals surface area contributed by atoms with Gasteiger partial charge in [0, 0.05) is 5.02 Å². The number of nitrogens with zero attached hydrogens (tertiary/aromatic N) is 2. The fourth-order valence-corrected chi connectivity index (χ4v) is 3.02. The predicted molar refractivity (Wildman–Crippen MR) is 86.2 cm³/mol. The van der Waals surface area contributed by atoms with E-state index in [0.29, 0.717) is 15.6 Å². The van der Waals surface area contributed by atoms with E-state index in [9.17, 15) is 10.4 Å². The van der Waals surface area contributed by atoms with Crippen LogP contribution < -0.4 is 0 Å². The minimum absolute atomic E-state index is 0.164. The molecule has 0 spiro atoms. The summed E-state index contributed by atoms with van der Waals surface area (Å²) in [6, 6.07) is 14.4. The smallest absolute Gasteiger partial charge is 0.135 e. The number of hydrogen-bond acceptors (Lipinski definition) is 4. The summed E-state index contributed by atoms with van der Waals surface area (Å²) in [6.07, 6.45) is 1.71. The van der Waals surface area contributed by atoms with Crippen LogP contribution in [0.1, 0.15) is 10.6 Å². The number of hydrogen-bond donors (Lipinski definition) is 1. The first-order valence-corrected chi connectivity index (χ1v) is 7.32. The minimum Gasteiger partial charge on any atom is -0.508 e. The van der Waals surface area contributed by atoms with Gasteiger partial charge in [-0.2, -0.15) is 5.26 Å². The van der Waals surface area contributed by atoms with E-state index in [1.165, 1.54) is 11.3 Å². The Morgan fingerprint density at radius 1 is 1.29 bits per heavy atom. The van der Waals surface area contributed by atoms with E-state index in [4.69, 9.17) is 11.6 Å². The first-order chi connectivity index (χ1) is 10.2. The third kappa shape index (κ3) is 2.89. The molecule has 21 heavy (non-hydrogen) atoms. The number of benzene rings is 2. The van der Waals surface area contributed by atoms with Gasteiger partial charge in [-0.25, -0.2) is 4.98 Å². The number of phenolic OH excluding ortho intramolecular Hbond substituents is 1. The second-order valence-electron chi connectivity index (χ2n) is 4.40. The van der Waals surface area contributed by atoms with Crippen LogP contribution in [0.2, 0.25) is 5.02 Å². The summed E-state index contributed by atoms with van der Waals surface area (Å²) >= 11 is 7.38. The Morgan fingerprint density at radius 2 is 2.14 bits per heavy atom. The Morgan fingerprint density at radius 3 is 2.90 bits per heavy atom. The van der Waals surface area contributed by atoms with Crippen molar-refractivity contribution in [2.45, 2.75) is 0 Å². The lowest BCUT2D eigenvalue weighted by Crippen LogP contribution is -1.80. The zero-order chi connectivity index (χ0) is 14.8. The summed E-state index contributed by atoms with van der Waals surface area (Å²) in [4.78, 5) is 4.44. The summed E-state index contributed by atoms with van der Waals surface area (Å²) in [7, 11) is 0. The molecule has 0 saturated heterocycles. The van der Waals surface area contributed by atoms with Gasteiger partial charge in [0.25, 0.3) is 0 Å². The second-order valence-corrected chi connectivity index (χ2v) is 5.86. The fraction of sp³-hybridized carbons (Fsp3) is 0. The Labute approximate surface area is 130 Å². The number of aromatic nitrogens is 1. The molecule has 3 aromatic rings. The summed E-state index contributed by atoms with van der Waals surface area (Å²) in [5, 5.41) is 20.1. The molecule has 0 atom stereocenters. The molecule has 0 amide bonds. The maximum atomic E-state index is 9.47. The minimum atomic E-state index is 0.164. The molecule has 0 fully saturated rings. The van der Waals surface area contributed by atoms with Gasteiger partial charge < -0.3 is 5.11 Å². The summed E-state index contributed by atoms with van der Waals surface area (Å²) < 4.78 is 0.978. The van der Waals surface area contributed by atoms with Gasteiger partial charge in [-0.15, -0.1) is 11.3 Å². The van der Waals surface area contributed by atoms with Gasteiger partial charge >= 0.3 is 0 Å². The van der Waals surface area contributed by atoms with Crippen LogP contribution in [0.4, 0.5) is 0 Å². The zero-order valence-electron chi connectivity index (χ0n) is 10.7. The third-order valence-electron chi connectivity index (χ3n) is 2.88. The van der Waals surface area contributed by atoms with Crippen LogP contribution >= 0.6 is 22.9 Å². The molecule has 5 heteroatoms. The van der Waals surface area contributed by atoms with Crippen molar-refractivity contribution in [1.29, 1.82) is 5.26 Å². The van der Waals surface area contributed by atoms with Crippen LogP contribution in [-0.2, 0) is 0 Å². The molecule has 1 aromatic heterocycles. The number of rotatable bonds is 2. The standard InChI is InChI=1S/C16H9ClN2OS/c17-12-4-5-15-14(8-12)19-16(21-15)11(9-18)6-10-2-1-3-13(20)7-10/h1-8,20H. The predicted octanol–water partition coefficient (Wildman–Crippen LogP) is 4.72. The molecule has 3 rings (SSSR count). The molecule has 0 bridgehead atoms. The van der Waals surface area contributed by atoms with E-state index in [0.717, 1.165) is 15.8 Å². The van der Waals surface area contributed by atoms with Gasteiger partial charge in [0.2, 0.25) is 0 Å². The van der Waals surface area contributed by atoms with Crippen LogP contribution in [0.3, 0.4) is 0 Å². The first kappa shape index (κ1) is 13.6. The lowest BCUT2D eigenvalue weighted by Gasteiger charge is -1.96. The molecular formula is C16H9ClN2OS. The van der Waals surface area contributed by atoms with Crippen molar-refractivity contribution in [3.8, 4) is 11.8 Å². The number of thiazole rings is 1. The van der Waals surface area contributed by atoms with Gasteiger partial charge in [0.15, 0.2) is 0 Å². The van der Waals surface area contributed by atoms with E-state index in [1.807, 2.05) is 12.1 Å². The van der Waals surface area contributed by atoms with Crippen molar-refractivity contribution < 1.29 is 5.11 Å². The number of fused-ring (bicyclic) bond motifs is 1. The average molecular weight is 313 g/mol. The fourth-order valence-electron chi connectivity index (χ4n) is 1.94. The largest absolute Gasteiger partial charge is 0.508 e. The SMILES string of the molecule is N#CC(=Cc1cccc(O)c1)c1nc2cc(Cl)ccc2s1. The molecule has 0 saturated carbocycles. The molecule has 0 aliphatic rings. The van der Waals surface area contributed by atoms with E-state index < -0.39 is 0 Å². The number of aromatic hydroxyl groups is 1. The van der Waals surface area contributed by atoms with Crippen molar-refractivity contribution in [3.63, 3.8) is 0 Å². The summed E-state index contributed by atoms with van der Waals surface area (Å²) in [6.45, 7) is 0. The highest BCUT2D eigenvalue weighted by molar-refractivity contribution is 7.19. The van der Waals surface area contributed by atoms with Crippen molar-refractivity contribution in [2.75, 3.05) is 0 Å². The summed E-state index contributed by atoms with van der Waals surface area (Å²) in [5.74, 6) is 0.164. The van der Waals surface area contributed by atoms with Gasteiger partial charge in [-0.1, -0.05) is 23.7 Å². The molecule has 3 nitrogen and oxygen atoms in total. The van der Waals surface area contributed by atoms with Crippen molar-refractivity contribution in [2.24, 2.45) is 0 Å². The van der Waals surface area contributed by atoms with Crippen molar-refractivity contribution in [3.05, 3.63) is 58.1 Å². The second kappa shape index (κ2) is 5.57. The van der Waals surface area contributed by atoms with Gasteiger partial charge in [-0.3, -0.25) is 0 Å². The van der Waals surface area contributed by atoms with Gasteiger partial charge in [-0.05, 0) is 42.0 Å². The average Bonchev–Trinajstić information content (AvgIpc) is 2.87. The molecule has 0 aliphatic carbocycles. The lowest BCUT2D eigenvalue weighted by molar-refractivity contribution is 0.475. The molecule has 1 N–H and O–H groups in total. The van der Waals surface area contributed by atoms with Crippen LogP contribution in [0.5, 0.6) is 5.75 Å². The first-order valence-electron chi connectivity index (χ1n) is 6.13. The maximum absolute atomic E-state index is 9.47. The quantitative estimate of drug-likeness (QED) is 0.697. The molecule has 0 radical (unpaired) electrons. The highest BCUT2D eigenvalue weighted by atomic mass is 35.5. The van der Waals surface area contributed by atoms with Gasteiger partial charge in [0.05, 0.1) is 15.8 Å². The normalized spacial score (nSPS) is 11.5. The van der Waals surface area contributed by atoms with Crippen LogP contribution in [-0.4, -0.2) is 10.1 Å². The van der Waals surface area contributed by atoms with Crippen molar-refractivity contribution >= 4 is 44.8 Å².